The molecule has 0 aromatic heterocycles. The number of hydrogen-bond donors (Lipinski definition) is 1. The van der Waals surface area contributed by atoms with Crippen LogP contribution in [0.3, 0.4) is 0 Å². The van der Waals surface area contributed by atoms with E-state index in [0.29, 0.717) is 6.10 Å². The molecule has 0 saturated carbocycles. The molecule has 2 rings (SSSR count). The molecule has 13 heavy (non-hydrogen) atoms. The van der Waals surface area contributed by atoms with E-state index in [0.717, 1.165) is 25.9 Å². The normalized spacial score (nSPS) is 39.8. The Balaban J connectivity index is 2.15. The third-order valence-electron chi connectivity index (χ3n) is 3.32. The van der Waals surface area contributed by atoms with Gasteiger partial charge in [-0.25, -0.2) is 0 Å². The Morgan fingerprint density at radius 3 is 3.08 bits per heavy atom. The van der Waals surface area contributed by atoms with Crippen LogP contribution in [0.2, 0.25) is 0 Å². The second kappa shape index (κ2) is 3.08. The summed E-state index contributed by atoms with van der Waals surface area (Å²) in [5, 5.41) is 9.42. The zero-order chi connectivity index (χ0) is 9.47. The monoisotopic (exact) mass is 183 g/mol. The van der Waals surface area contributed by atoms with Gasteiger partial charge in [0.2, 0.25) is 0 Å². The molecule has 3 nitrogen and oxygen atoms in total. The van der Waals surface area contributed by atoms with Gasteiger partial charge in [0.05, 0.1) is 18.2 Å². The van der Waals surface area contributed by atoms with Crippen LogP contribution < -0.4 is 0 Å². The lowest BCUT2D eigenvalue weighted by molar-refractivity contribution is 0.0951. The summed E-state index contributed by atoms with van der Waals surface area (Å²) in [6.45, 7) is 6.09. The molecule has 1 N–H and O–H groups in total. The molecule has 2 saturated heterocycles. The molecule has 74 valence electrons. The summed E-state index contributed by atoms with van der Waals surface area (Å²) in [5.41, 5.74) is 1.20. The quantitative estimate of drug-likeness (QED) is 0.629. The number of nitrogens with zero attached hydrogens (tertiary/aromatic N) is 1. The van der Waals surface area contributed by atoms with Gasteiger partial charge in [-0.15, -0.1) is 0 Å². The molecule has 0 bridgehead atoms. The first kappa shape index (κ1) is 9.19. The van der Waals surface area contributed by atoms with E-state index in [4.69, 9.17) is 4.74 Å². The van der Waals surface area contributed by atoms with E-state index in [1.165, 1.54) is 5.57 Å². The van der Waals surface area contributed by atoms with Crippen molar-refractivity contribution in [3.05, 3.63) is 12.2 Å². The minimum atomic E-state index is -0.0439. The van der Waals surface area contributed by atoms with Crippen LogP contribution >= 0.6 is 0 Å². The smallest absolute Gasteiger partial charge is 0.0717 e. The molecule has 2 atom stereocenters. The molecule has 0 radical (unpaired) electrons. The van der Waals surface area contributed by atoms with Crippen molar-refractivity contribution in [3.63, 3.8) is 0 Å². The first-order valence-electron chi connectivity index (χ1n) is 4.75. The van der Waals surface area contributed by atoms with Gasteiger partial charge in [0, 0.05) is 20.2 Å². The van der Waals surface area contributed by atoms with Crippen molar-refractivity contribution in [1.82, 2.24) is 4.90 Å². The molecule has 0 spiro atoms. The van der Waals surface area contributed by atoms with Crippen LogP contribution in [0.1, 0.15) is 12.8 Å². The van der Waals surface area contributed by atoms with E-state index in [2.05, 4.69) is 11.5 Å². The summed E-state index contributed by atoms with van der Waals surface area (Å²) in [7, 11) is 1.74. The minimum Gasteiger partial charge on any atom is -0.394 e. The number of aliphatic hydroxyl groups excluding tert-OH is 1. The van der Waals surface area contributed by atoms with Gasteiger partial charge in [-0.1, -0.05) is 12.2 Å². The minimum absolute atomic E-state index is 0.0439. The summed E-state index contributed by atoms with van der Waals surface area (Å²) in [6, 6.07) is 0. The van der Waals surface area contributed by atoms with E-state index in [1.54, 1.807) is 7.11 Å². The molecule has 0 amide bonds. The number of fused-ring (bicyclic) bond motifs is 1. The molecule has 0 aromatic rings. The lowest BCUT2D eigenvalue weighted by Gasteiger charge is -2.28. The van der Waals surface area contributed by atoms with Crippen LogP contribution in [0, 0.1) is 0 Å². The number of ether oxygens (including phenoxy) is 1. The average molecular weight is 183 g/mol. The maximum absolute atomic E-state index is 9.42. The van der Waals surface area contributed by atoms with Gasteiger partial charge in [0.25, 0.3) is 0 Å². The fraction of sp³-hybridized carbons (Fsp3) is 0.800. The zero-order valence-electron chi connectivity index (χ0n) is 8.12. The van der Waals surface area contributed by atoms with Crippen molar-refractivity contribution in [3.8, 4) is 0 Å². The lowest BCUT2D eigenvalue weighted by Crippen LogP contribution is -2.41. The van der Waals surface area contributed by atoms with Crippen LogP contribution in [0.15, 0.2) is 12.2 Å². The molecule has 0 aromatic carbocycles. The summed E-state index contributed by atoms with van der Waals surface area (Å²) >= 11 is 0. The average Bonchev–Trinajstić information content (AvgIpc) is 2.57. The third-order valence-corrected chi connectivity index (χ3v) is 3.32. The van der Waals surface area contributed by atoms with Crippen molar-refractivity contribution >= 4 is 0 Å². The summed E-state index contributed by atoms with van der Waals surface area (Å²) in [6.07, 6.45) is 2.17. The molecule has 2 aliphatic rings. The van der Waals surface area contributed by atoms with E-state index in [1.807, 2.05) is 0 Å². The summed E-state index contributed by atoms with van der Waals surface area (Å²) in [4.78, 5) is 2.31. The van der Waals surface area contributed by atoms with Crippen molar-refractivity contribution in [1.29, 1.82) is 0 Å². The highest BCUT2D eigenvalue weighted by Crippen LogP contribution is 2.41. The van der Waals surface area contributed by atoms with Crippen LogP contribution in [0.25, 0.3) is 0 Å². The number of rotatable bonds is 2. The lowest BCUT2D eigenvalue weighted by atomic mass is 9.93. The van der Waals surface area contributed by atoms with E-state index < -0.39 is 0 Å². The molecule has 2 fully saturated rings. The van der Waals surface area contributed by atoms with Crippen molar-refractivity contribution < 1.29 is 9.84 Å². The molecule has 3 heteroatoms. The fourth-order valence-electron chi connectivity index (χ4n) is 2.64. The molecule has 0 aliphatic carbocycles. The third kappa shape index (κ3) is 1.31. The van der Waals surface area contributed by atoms with Crippen molar-refractivity contribution in [2.24, 2.45) is 0 Å². The zero-order valence-corrected chi connectivity index (χ0v) is 8.12. The Morgan fingerprint density at radius 1 is 1.77 bits per heavy atom. The van der Waals surface area contributed by atoms with E-state index in [9.17, 15) is 5.11 Å². The van der Waals surface area contributed by atoms with Gasteiger partial charge in [-0.05, 0) is 12.8 Å². The largest absolute Gasteiger partial charge is 0.394 e. The number of aliphatic hydroxyl groups is 1. The number of hydrogen-bond acceptors (Lipinski definition) is 3. The van der Waals surface area contributed by atoms with Gasteiger partial charge in [-0.2, -0.15) is 0 Å². The molecule has 0 unspecified atom stereocenters. The van der Waals surface area contributed by atoms with Crippen LogP contribution in [-0.2, 0) is 4.74 Å². The summed E-state index contributed by atoms with van der Waals surface area (Å²) in [5.74, 6) is 0. The maximum Gasteiger partial charge on any atom is 0.0717 e. The van der Waals surface area contributed by atoms with Gasteiger partial charge in [0.15, 0.2) is 0 Å². The van der Waals surface area contributed by atoms with Gasteiger partial charge < -0.3 is 9.84 Å². The Kier molecular flexibility index (Phi) is 2.18. The Bertz CT molecular complexity index is 229. The molecule has 2 aliphatic heterocycles. The van der Waals surface area contributed by atoms with Gasteiger partial charge in [0.1, 0.15) is 0 Å². The van der Waals surface area contributed by atoms with E-state index >= 15 is 0 Å². The highest BCUT2D eigenvalue weighted by Gasteiger charge is 2.49. The fourth-order valence-corrected chi connectivity index (χ4v) is 2.64. The Morgan fingerprint density at radius 2 is 2.54 bits per heavy atom. The second-order valence-electron chi connectivity index (χ2n) is 4.25. The van der Waals surface area contributed by atoms with Crippen LogP contribution in [0.4, 0.5) is 0 Å². The topological polar surface area (TPSA) is 32.7 Å². The highest BCUT2D eigenvalue weighted by molar-refractivity contribution is 5.18. The van der Waals surface area contributed by atoms with Gasteiger partial charge in [-0.3, -0.25) is 4.90 Å². The molecular formula is C10H17NO2. The Labute approximate surface area is 79.0 Å². The van der Waals surface area contributed by atoms with E-state index in [-0.39, 0.29) is 12.1 Å². The predicted octanol–water partition coefficient (Wildman–Crippen LogP) is 0.398. The highest BCUT2D eigenvalue weighted by atomic mass is 16.5. The van der Waals surface area contributed by atoms with Gasteiger partial charge >= 0.3 is 0 Å². The molecular weight excluding hydrogens is 166 g/mol. The number of methoxy groups -OCH3 is 1. The standard InChI is InChI=1S/C10H17NO2/c1-8-3-10(7-12)4-9(13-2)6-11(10)5-8/h9,12H,1,3-7H2,2H3/t9-,10+/m0/s1. The first-order valence-corrected chi connectivity index (χ1v) is 4.75. The van der Waals surface area contributed by atoms with Crippen molar-refractivity contribution in [2.45, 2.75) is 24.5 Å². The van der Waals surface area contributed by atoms with Crippen LogP contribution in [0.5, 0.6) is 0 Å². The second-order valence-corrected chi connectivity index (χ2v) is 4.25. The predicted molar refractivity (Wildman–Crippen MR) is 50.6 cm³/mol. The summed E-state index contributed by atoms with van der Waals surface area (Å²) < 4.78 is 5.33. The maximum atomic E-state index is 9.42. The molecule has 2 heterocycles. The first-order chi connectivity index (χ1) is 6.20. The Hall–Kier alpha value is -0.380. The SMILES string of the molecule is C=C1CN2C[C@@H](OC)C[C@@]2(CO)C1. The van der Waals surface area contributed by atoms with Crippen LogP contribution in [-0.4, -0.2) is 48.5 Å². The van der Waals surface area contributed by atoms with Crippen molar-refractivity contribution in [2.75, 3.05) is 26.8 Å².